The van der Waals surface area contributed by atoms with Crippen LogP contribution in [0.5, 0.6) is 0 Å². The lowest BCUT2D eigenvalue weighted by molar-refractivity contribution is 1.18. The van der Waals surface area contributed by atoms with Gasteiger partial charge in [-0.1, -0.05) is 109 Å². The second-order valence-electron chi connectivity index (χ2n) is 15.7. The predicted octanol–water partition coefficient (Wildman–Crippen LogP) is 13.7. The molecule has 0 fully saturated rings. The van der Waals surface area contributed by atoms with Gasteiger partial charge in [0.15, 0.2) is 0 Å². The number of rotatable bonds is 4. The molecule has 274 valence electrons. The molecule has 4 nitrogen and oxygen atoms in total. The monoisotopic (exact) mass is 751 g/mol. The maximum atomic E-state index is 14.4. The minimum Gasteiger partial charge on any atom is -0.309 e. The van der Waals surface area contributed by atoms with Crippen LogP contribution in [0.3, 0.4) is 0 Å². The summed E-state index contributed by atoms with van der Waals surface area (Å²) in [6.07, 6.45) is 0. The van der Waals surface area contributed by atoms with Crippen molar-refractivity contribution in [2.75, 3.05) is 0 Å². The fourth-order valence-electron chi connectivity index (χ4n) is 9.95. The molecule has 13 aromatic rings. The van der Waals surface area contributed by atoms with Crippen LogP contribution in [0, 0.1) is 0 Å². The highest BCUT2D eigenvalue weighted by molar-refractivity contribution is 6.22. The fourth-order valence-corrected chi connectivity index (χ4v) is 9.95. The zero-order valence-electron chi connectivity index (χ0n) is 31.8. The van der Waals surface area contributed by atoms with Crippen molar-refractivity contribution in [2.45, 2.75) is 0 Å². The number of pyridine rings is 1. The number of hydrogen-bond acceptors (Lipinski definition) is 1. The molecule has 4 heteroatoms. The van der Waals surface area contributed by atoms with Crippen LogP contribution in [0.1, 0.15) is 0 Å². The third kappa shape index (κ3) is 4.51. The van der Waals surface area contributed by atoms with Gasteiger partial charge < -0.3 is 9.13 Å². The van der Waals surface area contributed by atoms with Gasteiger partial charge in [-0.2, -0.15) is 0 Å². The lowest BCUT2D eigenvalue weighted by atomic mass is 9.96. The summed E-state index contributed by atoms with van der Waals surface area (Å²) in [7, 11) is 0. The van der Waals surface area contributed by atoms with Crippen molar-refractivity contribution in [3.8, 4) is 33.6 Å². The Morgan fingerprint density at radius 1 is 0.271 bits per heavy atom. The van der Waals surface area contributed by atoms with E-state index in [9.17, 15) is 4.79 Å². The maximum absolute atomic E-state index is 14.4. The van der Waals surface area contributed by atoms with Crippen molar-refractivity contribution in [3.05, 3.63) is 211 Å². The predicted molar refractivity (Wildman–Crippen MR) is 247 cm³/mol. The molecule has 0 aliphatic rings. The molecular formula is C55H33N3O. The largest absolute Gasteiger partial charge is 0.309 e. The first-order valence-corrected chi connectivity index (χ1v) is 20.1. The molecule has 9 aromatic carbocycles. The van der Waals surface area contributed by atoms with E-state index in [1.807, 2.05) is 22.6 Å². The standard InChI is InChI=1S/C55H33N3O/c59-55-43-20-8-7-17-40(43)47-32-37(36-25-27-52-45(31-36)42-19-10-12-22-50(42)57(52)39-15-5-2-6-16-39)33-48-46-30-35(24-28-53(46)58(55)54(47)48)34-23-26-51-44(29-34)41-18-9-11-21-49(41)56(51)38-13-3-1-4-14-38/h1-33H. The number of nitrogens with zero attached hydrogens (tertiary/aromatic N) is 3. The molecule has 0 aliphatic heterocycles. The Balaban J connectivity index is 1.06. The summed E-state index contributed by atoms with van der Waals surface area (Å²) in [5, 5.41) is 9.77. The van der Waals surface area contributed by atoms with E-state index in [0.29, 0.717) is 0 Å². The van der Waals surface area contributed by atoms with Crippen LogP contribution in [-0.2, 0) is 0 Å². The summed E-state index contributed by atoms with van der Waals surface area (Å²) < 4.78 is 6.66. The quantitative estimate of drug-likeness (QED) is 0.165. The molecule has 0 amide bonds. The minimum atomic E-state index is 0.0129. The molecule has 4 aromatic heterocycles. The SMILES string of the molecule is O=c1c2ccccc2c2cc(-c3ccc4c(c3)c3ccccc3n4-c3ccccc3)cc3c4cc(-c5ccc6c(c5)c5ccccc5n6-c5ccccc5)ccc4n1c23. The first-order chi connectivity index (χ1) is 29.2. The molecule has 0 unspecified atom stereocenters. The van der Waals surface area contributed by atoms with E-state index in [4.69, 9.17) is 0 Å². The van der Waals surface area contributed by atoms with E-state index < -0.39 is 0 Å². The van der Waals surface area contributed by atoms with Crippen LogP contribution in [0.2, 0.25) is 0 Å². The van der Waals surface area contributed by atoms with E-state index in [1.165, 1.54) is 43.6 Å². The molecule has 0 radical (unpaired) electrons. The highest BCUT2D eigenvalue weighted by atomic mass is 16.1. The normalized spacial score (nSPS) is 12.1. The van der Waals surface area contributed by atoms with Gasteiger partial charge in [0.05, 0.1) is 33.1 Å². The van der Waals surface area contributed by atoms with Crippen molar-refractivity contribution in [3.63, 3.8) is 0 Å². The topological polar surface area (TPSA) is 31.3 Å². The zero-order valence-corrected chi connectivity index (χ0v) is 31.8. The highest BCUT2D eigenvalue weighted by Gasteiger charge is 2.21. The summed E-state index contributed by atoms with van der Waals surface area (Å²) >= 11 is 0. The van der Waals surface area contributed by atoms with Gasteiger partial charge in [0, 0.05) is 54.5 Å². The zero-order chi connectivity index (χ0) is 38.8. The van der Waals surface area contributed by atoms with Gasteiger partial charge in [0.25, 0.3) is 5.56 Å². The summed E-state index contributed by atoms with van der Waals surface area (Å²) in [5.41, 5.74) is 13.4. The summed E-state index contributed by atoms with van der Waals surface area (Å²) in [6, 6.07) is 71.4. The van der Waals surface area contributed by atoms with E-state index in [2.05, 4.69) is 191 Å². The average molecular weight is 752 g/mol. The van der Waals surface area contributed by atoms with Crippen LogP contribution in [0.15, 0.2) is 205 Å². The van der Waals surface area contributed by atoms with E-state index in [1.54, 1.807) is 0 Å². The van der Waals surface area contributed by atoms with Gasteiger partial charge in [-0.15, -0.1) is 0 Å². The van der Waals surface area contributed by atoms with Gasteiger partial charge in [-0.3, -0.25) is 9.20 Å². The molecule has 0 spiro atoms. The van der Waals surface area contributed by atoms with Crippen molar-refractivity contribution >= 4 is 81.6 Å². The Labute approximate surface area is 338 Å². The molecule has 0 N–H and O–H groups in total. The Kier molecular flexibility index (Phi) is 6.56. The van der Waals surface area contributed by atoms with Gasteiger partial charge in [0.2, 0.25) is 0 Å². The lowest BCUT2D eigenvalue weighted by Gasteiger charge is -2.10. The van der Waals surface area contributed by atoms with Crippen LogP contribution in [0.4, 0.5) is 0 Å². The highest BCUT2D eigenvalue weighted by Crippen LogP contribution is 2.42. The molecular weight excluding hydrogens is 719 g/mol. The second kappa shape index (κ2) is 12.0. The van der Waals surface area contributed by atoms with E-state index in [-0.39, 0.29) is 5.56 Å². The summed E-state index contributed by atoms with van der Waals surface area (Å²) in [6.45, 7) is 0. The number of fused-ring (bicyclic) bond motifs is 11. The first kappa shape index (κ1) is 32.2. The van der Waals surface area contributed by atoms with Gasteiger partial charge in [-0.25, -0.2) is 0 Å². The Hall–Kier alpha value is -7.95. The smallest absolute Gasteiger partial charge is 0.263 e. The van der Waals surface area contributed by atoms with Crippen LogP contribution < -0.4 is 5.56 Å². The number of para-hydroxylation sites is 4. The lowest BCUT2D eigenvalue weighted by Crippen LogP contribution is -2.12. The Morgan fingerprint density at radius 2 is 0.644 bits per heavy atom. The number of benzene rings is 9. The van der Waals surface area contributed by atoms with Gasteiger partial charge in [0.1, 0.15) is 0 Å². The van der Waals surface area contributed by atoms with Crippen LogP contribution >= 0.6 is 0 Å². The van der Waals surface area contributed by atoms with Crippen LogP contribution in [-0.4, -0.2) is 13.5 Å². The van der Waals surface area contributed by atoms with Crippen molar-refractivity contribution in [2.24, 2.45) is 0 Å². The fraction of sp³-hybridized carbons (Fsp3) is 0. The molecule has 0 atom stereocenters. The summed E-state index contributed by atoms with van der Waals surface area (Å²) in [4.78, 5) is 14.4. The van der Waals surface area contributed by atoms with E-state index in [0.717, 1.165) is 71.6 Å². The van der Waals surface area contributed by atoms with Crippen molar-refractivity contribution in [1.29, 1.82) is 0 Å². The first-order valence-electron chi connectivity index (χ1n) is 20.1. The molecule has 13 rings (SSSR count). The summed E-state index contributed by atoms with van der Waals surface area (Å²) in [5.74, 6) is 0. The number of hydrogen-bond donors (Lipinski definition) is 0. The van der Waals surface area contributed by atoms with Crippen molar-refractivity contribution < 1.29 is 0 Å². The molecule has 0 aliphatic carbocycles. The van der Waals surface area contributed by atoms with Gasteiger partial charge >= 0.3 is 0 Å². The third-order valence-electron chi connectivity index (χ3n) is 12.6. The number of aromatic nitrogens is 3. The van der Waals surface area contributed by atoms with Gasteiger partial charge in [-0.05, 0) is 119 Å². The molecule has 59 heavy (non-hydrogen) atoms. The maximum Gasteiger partial charge on any atom is 0.263 e. The average Bonchev–Trinajstić information content (AvgIpc) is 3.94. The third-order valence-corrected chi connectivity index (χ3v) is 12.6. The molecule has 0 saturated carbocycles. The minimum absolute atomic E-state index is 0.0129. The molecule has 4 heterocycles. The molecule has 0 bridgehead atoms. The Morgan fingerprint density at radius 3 is 1.19 bits per heavy atom. The van der Waals surface area contributed by atoms with Crippen LogP contribution in [0.25, 0.3) is 115 Å². The second-order valence-corrected chi connectivity index (χ2v) is 15.7. The Bertz CT molecular complexity index is 3910. The van der Waals surface area contributed by atoms with Crippen molar-refractivity contribution in [1.82, 2.24) is 13.5 Å². The molecule has 0 saturated heterocycles. The van der Waals surface area contributed by atoms with E-state index >= 15 is 0 Å².